The number of rotatable bonds is 8. The van der Waals surface area contributed by atoms with Gasteiger partial charge in [0.05, 0.1) is 23.8 Å². The fourth-order valence-corrected chi connectivity index (χ4v) is 6.38. The Kier molecular flexibility index (Phi) is 8.14. The number of halogens is 1. The minimum Gasteiger partial charge on any atom is -0.447 e. The summed E-state index contributed by atoms with van der Waals surface area (Å²) in [6.07, 6.45) is 8.71. The summed E-state index contributed by atoms with van der Waals surface area (Å²) in [6.45, 7) is 3.95. The summed E-state index contributed by atoms with van der Waals surface area (Å²) in [5, 5.41) is 7.58. The SMILES string of the molecule is CNC(C)C(=O)NC(C(=O)N1CCCC1Cn1cc(N2CCOC2=O)c2cc(Cl)ccc21)C1CCCCC1. The van der Waals surface area contributed by atoms with Crippen molar-refractivity contribution in [3.63, 3.8) is 0 Å². The molecule has 1 aliphatic carbocycles. The molecule has 2 N–H and O–H groups in total. The van der Waals surface area contributed by atoms with Crippen LogP contribution in [0.1, 0.15) is 51.9 Å². The van der Waals surface area contributed by atoms with E-state index in [1.807, 2.05) is 36.2 Å². The van der Waals surface area contributed by atoms with Crippen LogP contribution in [0.4, 0.5) is 10.5 Å². The third-order valence-corrected chi connectivity index (χ3v) is 8.69. The summed E-state index contributed by atoms with van der Waals surface area (Å²) in [7, 11) is 1.75. The highest BCUT2D eigenvalue weighted by Gasteiger charge is 2.39. The van der Waals surface area contributed by atoms with Gasteiger partial charge >= 0.3 is 6.09 Å². The van der Waals surface area contributed by atoms with Crippen LogP contribution in [0.15, 0.2) is 24.4 Å². The van der Waals surface area contributed by atoms with E-state index in [-0.39, 0.29) is 35.9 Å². The van der Waals surface area contributed by atoms with Gasteiger partial charge in [-0.1, -0.05) is 30.9 Å². The van der Waals surface area contributed by atoms with Crippen molar-refractivity contribution in [1.82, 2.24) is 20.1 Å². The van der Waals surface area contributed by atoms with Crippen molar-refractivity contribution in [2.24, 2.45) is 5.92 Å². The predicted molar refractivity (Wildman–Crippen MR) is 147 cm³/mol. The topological polar surface area (TPSA) is 95.9 Å². The zero-order valence-electron chi connectivity index (χ0n) is 22.2. The van der Waals surface area contributed by atoms with Gasteiger partial charge in [-0.15, -0.1) is 0 Å². The van der Waals surface area contributed by atoms with Crippen LogP contribution >= 0.6 is 11.6 Å². The molecule has 9 nitrogen and oxygen atoms in total. The first kappa shape index (κ1) is 26.8. The highest BCUT2D eigenvalue weighted by molar-refractivity contribution is 6.31. The number of carbonyl (C=O) groups excluding carboxylic acids is 3. The smallest absolute Gasteiger partial charge is 0.414 e. The Bertz CT molecular complexity index is 1190. The number of likely N-dealkylation sites (N-methyl/N-ethyl adjacent to an activating group) is 1. The monoisotopic (exact) mass is 543 g/mol. The van der Waals surface area contributed by atoms with E-state index >= 15 is 0 Å². The van der Waals surface area contributed by atoms with Gasteiger partial charge in [-0.3, -0.25) is 14.5 Å². The molecule has 1 aromatic heterocycles. The van der Waals surface area contributed by atoms with Gasteiger partial charge in [0, 0.05) is 35.7 Å². The molecule has 2 saturated heterocycles. The van der Waals surface area contributed by atoms with E-state index in [0.29, 0.717) is 31.3 Å². The standard InChI is InChI=1S/C28H38ClN5O4/c1-18(30-2)26(35)31-25(19-7-4-3-5-8-19)27(36)33-12-6-9-21(33)16-32-17-24(34-13-14-38-28(34)37)22-15-20(29)10-11-23(22)32/h10-11,15,17-19,21,25,30H,3-9,12-14,16H2,1-2H3,(H,31,35). The lowest BCUT2D eigenvalue weighted by Crippen LogP contribution is -2.56. The van der Waals surface area contributed by atoms with E-state index in [2.05, 4.69) is 15.2 Å². The Morgan fingerprint density at radius 2 is 1.92 bits per heavy atom. The highest BCUT2D eigenvalue weighted by atomic mass is 35.5. The van der Waals surface area contributed by atoms with Crippen molar-refractivity contribution in [2.45, 2.75) is 76.5 Å². The van der Waals surface area contributed by atoms with Crippen LogP contribution < -0.4 is 15.5 Å². The summed E-state index contributed by atoms with van der Waals surface area (Å²) < 4.78 is 7.31. The molecule has 5 rings (SSSR count). The van der Waals surface area contributed by atoms with E-state index in [1.165, 1.54) is 6.42 Å². The predicted octanol–water partition coefficient (Wildman–Crippen LogP) is 3.92. The summed E-state index contributed by atoms with van der Waals surface area (Å²) in [6, 6.07) is 4.82. The van der Waals surface area contributed by atoms with Gasteiger partial charge in [-0.25, -0.2) is 4.79 Å². The van der Waals surface area contributed by atoms with Gasteiger partial charge in [0.25, 0.3) is 0 Å². The highest BCUT2D eigenvalue weighted by Crippen LogP contribution is 2.35. The largest absolute Gasteiger partial charge is 0.447 e. The summed E-state index contributed by atoms with van der Waals surface area (Å²) in [5.41, 5.74) is 1.73. The number of benzene rings is 1. The maximum Gasteiger partial charge on any atom is 0.414 e. The number of hydrogen-bond donors (Lipinski definition) is 2. The molecular weight excluding hydrogens is 506 g/mol. The van der Waals surface area contributed by atoms with E-state index < -0.39 is 6.04 Å². The maximum atomic E-state index is 14.1. The Morgan fingerprint density at radius 3 is 2.63 bits per heavy atom. The molecule has 3 heterocycles. The number of anilines is 1. The molecule has 3 aliphatic rings. The number of nitrogens with one attached hydrogen (secondary N) is 2. The lowest BCUT2D eigenvalue weighted by Gasteiger charge is -2.35. The number of cyclic esters (lactones) is 1. The molecule has 2 aliphatic heterocycles. The molecule has 3 atom stereocenters. The number of carbonyl (C=O) groups is 3. The van der Waals surface area contributed by atoms with Crippen LogP contribution in [0.3, 0.4) is 0 Å². The lowest BCUT2D eigenvalue weighted by atomic mass is 9.83. The quantitative estimate of drug-likeness (QED) is 0.526. The molecule has 3 amide bonds. The second-order valence-electron chi connectivity index (χ2n) is 10.8. The van der Waals surface area contributed by atoms with Crippen molar-refractivity contribution >= 4 is 46.1 Å². The fraction of sp³-hybridized carbons (Fsp3) is 0.607. The number of ether oxygens (including phenoxy) is 1. The minimum absolute atomic E-state index is 0.00289. The summed E-state index contributed by atoms with van der Waals surface area (Å²) >= 11 is 6.32. The molecule has 0 radical (unpaired) electrons. The number of aromatic nitrogens is 1. The molecule has 1 aromatic carbocycles. The zero-order valence-corrected chi connectivity index (χ0v) is 23.0. The number of hydrogen-bond acceptors (Lipinski definition) is 5. The van der Waals surface area contributed by atoms with Crippen LogP contribution in [-0.4, -0.2) is 72.2 Å². The molecule has 3 unspecified atom stereocenters. The molecule has 1 saturated carbocycles. The first-order chi connectivity index (χ1) is 18.4. The summed E-state index contributed by atoms with van der Waals surface area (Å²) in [4.78, 5) is 42.9. The Labute approximate surface area is 228 Å². The number of amides is 3. The van der Waals surface area contributed by atoms with E-state index in [1.54, 1.807) is 11.9 Å². The Morgan fingerprint density at radius 1 is 1.13 bits per heavy atom. The first-order valence-corrected chi connectivity index (χ1v) is 14.3. The fourth-order valence-electron chi connectivity index (χ4n) is 6.21. The van der Waals surface area contributed by atoms with Crippen molar-refractivity contribution in [2.75, 3.05) is 31.6 Å². The first-order valence-electron chi connectivity index (χ1n) is 13.9. The van der Waals surface area contributed by atoms with Gasteiger partial charge in [-0.2, -0.15) is 0 Å². The van der Waals surface area contributed by atoms with Gasteiger partial charge in [0.1, 0.15) is 12.6 Å². The molecule has 3 fully saturated rings. The number of fused-ring (bicyclic) bond motifs is 1. The Hall–Kier alpha value is -2.78. The lowest BCUT2D eigenvalue weighted by molar-refractivity contribution is -0.139. The number of likely N-dealkylation sites (tertiary alicyclic amines) is 1. The van der Waals surface area contributed by atoms with Crippen LogP contribution in [-0.2, 0) is 20.9 Å². The maximum absolute atomic E-state index is 14.1. The molecule has 38 heavy (non-hydrogen) atoms. The Balaban J connectivity index is 1.40. The molecule has 0 spiro atoms. The molecule has 0 bridgehead atoms. The van der Waals surface area contributed by atoms with Crippen molar-refractivity contribution < 1.29 is 19.1 Å². The van der Waals surface area contributed by atoms with E-state index in [4.69, 9.17) is 16.3 Å². The van der Waals surface area contributed by atoms with Crippen LogP contribution in [0.5, 0.6) is 0 Å². The molecule has 10 heteroatoms. The van der Waals surface area contributed by atoms with Crippen LogP contribution in [0.25, 0.3) is 10.9 Å². The third-order valence-electron chi connectivity index (χ3n) is 8.45. The van der Waals surface area contributed by atoms with Crippen LogP contribution in [0.2, 0.25) is 5.02 Å². The molecule has 206 valence electrons. The minimum atomic E-state index is -0.505. The second-order valence-corrected chi connectivity index (χ2v) is 11.3. The van der Waals surface area contributed by atoms with E-state index in [0.717, 1.165) is 55.1 Å². The van der Waals surface area contributed by atoms with Gasteiger partial charge < -0.3 is 24.8 Å². The normalized spacial score (nSPS) is 22.1. The summed E-state index contributed by atoms with van der Waals surface area (Å²) in [5.74, 6) is 0.0503. The molecular formula is C28H38ClN5O4. The van der Waals surface area contributed by atoms with Gasteiger partial charge in [0.15, 0.2) is 0 Å². The molecule has 2 aromatic rings. The average Bonchev–Trinajstić information content (AvgIpc) is 3.65. The van der Waals surface area contributed by atoms with Crippen molar-refractivity contribution in [3.05, 3.63) is 29.4 Å². The van der Waals surface area contributed by atoms with Crippen LogP contribution in [0, 0.1) is 5.92 Å². The van der Waals surface area contributed by atoms with Crippen molar-refractivity contribution in [3.8, 4) is 0 Å². The van der Waals surface area contributed by atoms with E-state index in [9.17, 15) is 14.4 Å². The van der Waals surface area contributed by atoms with Crippen molar-refractivity contribution in [1.29, 1.82) is 0 Å². The average molecular weight is 544 g/mol. The van der Waals surface area contributed by atoms with Gasteiger partial charge in [-0.05, 0) is 63.8 Å². The zero-order chi connectivity index (χ0) is 26.8. The second kappa shape index (κ2) is 11.5. The number of nitrogens with zero attached hydrogens (tertiary/aromatic N) is 3. The third kappa shape index (κ3) is 5.36. The van der Waals surface area contributed by atoms with Gasteiger partial charge in [0.2, 0.25) is 11.8 Å².